The minimum atomic E-state index is -0.391. The molecular weight excluding hydrogens is 528 g/mol. The number of ketones is 4. The Morgan fingerprint density at radius 2 is 0.927 bits per heavy atom. The molecule has 0 fully saturated rings. The normalized spacial score (nSPS) is 20.0. The van der Waals surface area contributed by atoms with Gasteiger partial charge in [-0.2, -0.15) is 11.8 Å². The number of hydrogen-bond donors (Lipinski definition) is 0. The Balaban J connectivity index is 1.60. The molecule has 0 aliphatic heterocycles. The first-order valence-corrected chi connectivity index (χ1v) is 16.9. The van der Waals surface area contributed by atoms with Gasteiger partial charge in [-0.05, 0) is 12.8 Å². The van der Waals surface area contributed by atoms with Crippen LogP contribution in [0.2, 0.25) is 0 Å². The standard InChI is InChI=1S/C36H46O4S/c1-3-5-7-9-11-21-33(29-23-31(37)25-17-13-15-19-27(25)35(29)39)41-34(22-12-10-8-6-4-2)30-24-32(38)26-18-14-16-20-28(26)36(30)40/h13-20,29-30,33-34H,3-12,21-24H2,1-2H3. The first-order chi connectivity index (χ1) is 20.0. The average molecular weight is 575 g/mol. The van der Waals surface area contributed by atoms with Gasteiger partial charge in [0.2, 0.25) is 0 Å². The summed E-state index contributed by atoms with van der Waals surface area (Å²) in [6, 6.07) is 14.4. The number of Topliss-reactive ketones (excluding diaryl/α,β-unsaturated/α-hetero) is 4. The summed E-state index contributed by atoms with van der Waals surface area (Å²) in [7, 11) is 0. The third-order valence-corrected chi connectivity index (χ3v) is 10.7. The number of unbranched alkanes of at least 4 members (excludes halogenated alkanes) is 8. The highest BCUT2D eigenvalue weighted by molar-refractivity contribution is 8.00. The molecule has 2 aliphatic rings. The lowest BCUT2D eigenvalue weighted by molar-refractivity contribution is 0.0812. The van der Waals surface area contributed by atoms with Gasteiger partial charge in [0.15, 0.2) is 23.1 Å². The van der Waals surface area contributed by atoms with E-state index in [2.05, 4.69) is 13.8 Å². The highest BCUT2D eigenvalue weighted by atomic mass is 32.2. The molecular formula is C36H46O4S. The Bertz CT molecular complexity index is 1120. The molecule has 41 heavy (non-hydrogen) atoms. The third kappa shape index (κ3) is 7.85. The summed E-state index contributed by atoms with van der Waals surface area (Å²) < 4.78 is 0. The fourth-order valence-corrected chi connectivity index (χ4v) is 8.41. The molecule has 4 unspecified atom stereocenters. The molecule has 220 valence electrons. The van der Waals surface area contributed by atoms with Gasteiger partial charge in [-0.1, -0.05) is 127 Å². The van der Waals surface area contributed by atoms with E-state index in [1.807, 2.05) is 24.3 Å². The molecule has 0 radical (unpaired) electrons. The monoisotopic (exact) mass is 574 g/mol. The molecule has 0 bridgehead atoms. The van der Waals surface area contributed by atoms with Crippen LogP contribution in [0.4, 0.5) is 0 Å². The molecule has 5 heteroatoms. The van der Waals surface area contributed by atoms with E-state index < -0.39 is 11.8 Å². The zero-order chi connectivity index (χ0) is 29.2. The van der Waals surface area contributed by atoms with Gasteiger partial charge in [-0.25, -0.2) is 0 Å². The number of carbonyl (C=O) groups excluding carboxylic acids is 4. The minimum absolute atomic E-state index is 0.0377. The summed E-state index contributed by atoms with van der Waals surface area (Å²) in [6.45, 7) is 4.41. The van der Waals surface area contributed by atoms with Crippen molar-refractivity contribution in [1.29, 1.82) is 0 Å². The Kier molecular flexibility index (Phi) is 12.0. The van der Waals surface area contributed by atoms with Gasteiger partial charge in [-0.15, -0.1) is 0 Å². The smallest absolute Gasteiger partial charge is 0.168 e. The fraction of sp³-hybridized carbons (Fsp3) is 0.556. The third-order valence-electron chi connectivity index (χ3n) is 8.90. The van der Waals surface area contributed by atoms with Crippen LogP contribution in [0.15, 0.2) is 48.5 Å². The predicted molar refractivity (Wildman–Crippen MR) is 168 cm³/mol. The van der Waals surface area contributed by atoms with Gasteiger partial charge in [0.05, 0.1) is 0 Å². The van der Waals surface area contributed by atoms with Crippen LogP contribution in [0.1, 0.15) is 145 Å². The Hall–Kier alpha value is -2.53. The molecule has 4 atom stereocenters. The van der Waals surface area contributed by atoms with Crippen LogP contribution in [0.25, 0.3) is 0 Å². The van der Waals surface area contributed by atoms with Gasteiger partial charge in [0.1, 0.15) is 0 Å². The number of thioether (sulfide) groups is 1. The van der Waals surface area contributed by atoms with Crippen LogP contribution >= 0.6 is 11.8 Å². The van der Waals surface area contributed by atoms with E-state index in [4.69, 9.17) is 0 Å². The van der Waals surface area contributed by atoms with Gasteiger partial charge in [0.25, 0.3) is 0 Å². The van der Waals surface area contributed by atoms with Gasteiger partial charge >= 0.3 is 0 Å². The Morgan fingerprint density at radius 1 is 0.561 bits per heavy atom. The minimum Gasteiger partial charge on any atom is -0.294 e. The van der Waals surface area contributed by atoms with Crippen molar-refractivity contribution in [3.05, 3.63) is 70.8 Å². The van der Waals surface area contributed by atoms with Crippen LogP contribution in [0.3, 0.4) is 0 Å². The summed E-state index contributed by atoms with van der Waals surface area (Å²) in [5.41, 5.74) is 2.16. The SMILES string of the molecule is CCCCCCCC(SC(CCCCCCC)C1CC(=O)c2ccccc2C1=O)C1CC(=O)c2ccccc2C1=O. The molecule has 0 heterocycles. The lowest BCUT2D eigenvalue weighted by Gasteiger charge is -2.35. The predicted octanol–water partition coefficient (Wildman–Crippen LogP) is 9.35. The van der Waals surface area contributed by atoms with Crippen molar-refractivity contribution in [1.82, 2.24) is 0 Å². The van der Waals surface area contributed by atoms with Crippen molar-refractivity contribution in [2.24, 2.45) is 11.8 Å². The van der Waals surface area contributed by atoms with E-state index in [0.717, 1.165) is 38.5 Å². The van der Waals surface area contributed by atoms with E-state index in [-0.39, 0.29) is 46.5 Å². The first-order valence-electron chi connectivity index (χ1n) is 15.9. The highest BCUT2D eigenvalue weighted by Gasteiger charge is 2.42. The molecule has 4 rings (SSSR count). The van der Waals surface area contributed by atoms with E-state index in [1.165, 1.54) is 38.5 Å². The number of hydrogen-bond acceptors (Lipinski definition) is 5. The van der Waals surface area contributed by atoms with E-state index in [9.17, 15) is 19.2 Å². The number of carbonyl (C=O) groups is 4. The van der Waals surface area contributed by atoms with Crippen LogP contribution < -0.4 is 0 Å². The zero-order valence-electron chi connectivity index (χ0n) is 24.9. The van der Waals surface area contributed by atoms with Crippen molar-refractivity contribution >= 4 is 34.9 Å². The van der Waals surface area contributed by atoms with E-state index >= 15 is 0 Å². The van der Waals surface area contributed by atoms with Gasteiger partial charge < -0.3 is 0 Å². The molecule has 2 aromatic rings. The van der Waals surface area contributed by atoms with Crippen molar-refractivity contribution in [2.75, 3.05) is 0 Å². The average Bonchev–Trinajstić information content (AvgIpc) is 2.99. The second-order valence-corrected chi connectivity index (χ2v) is 13.4. The molecule has 0 spiro atoms. The second-order valence-electron chi connectivity index (χ2n) is 11.9. The quantitative estimate of drug-likeness (QED) is 0.187. The van der Waals surface area contributed by atoms with Crippen molar-refractivity contribution < 1.29 is 19.2 Å². The van der Waals surface area contributed by atoms with E-state index in [1.54, 1.807) is 36.0 Å². The second kappa shape index (κ2) is 15.6. The van der Waals surface area contributed by atoms with Gasteiger partial charge in [0, 0.05) is 57.4 Å². The van der Waals surface area contributed by atoms with Crippen molar-refractivity contribution in [3.63, 3.8) is 0 Å². The zero-order valence-corrected chi connectivity index (χ0v) is 25.7. The van der Waals surface area contributed by atoms with Crippen LogP contribution in [-0.2, 0) is 0 Å². The maximum atomic E-state index is 13.8. The van der Waals surface area contributed by atoms with Gasteiger partial charge in [-0.3, -0.25) is 19.2 Å². The highest BCUT2D eigenvalue weighted by Crippen LogP contribution is 2.43. The molecule has 0 amide bonds. The van der Waals surface area contributed by atoms with Crippen molar-refractivity contribution in [2.45, 2.75) is 114 Å². The molecule has 0 aromatic heterocycles. The van der Waals surface area contributed by atoms with Crippen molar-refractivity contribution in [3.8, 4) is 0 Å². The Labute approximate surface area is 250 Å². The topological polar surface area (TPSA) is 68.3 Å². The Morgan fingerprint density at radius 3 is 1.32 bits per heavy atom. The summed E-state index contributed by atoms with van der Waals surface area (Å²) in [5, 5.41) is -0.107. The summed E-state index contributed by atoms with van der Waals surface area (Å²) >= 11 is 1.75. The van der Waals surface area contributed by atoms with E-state index in [0.29, 0.717) is 22.3 Å². The summed E-state index contributed by atoms with van der Waals surface area (Å²) in [6.07, 6.45) is 13.4. The molecule has 4 nitrogen and oxygen atoms in total. The molecule has 2 aliphatic carbocycles. The van der Waals surface area contributed by atoms with Crippen LogP contribution in [-0.4, -0.2) is 33.6 Å². The molecule has 0 saturated heterocycles. The summed E-state index contributed by atoms with van der Waals surface area (Å²) in [5.74, 6) is -0.587. The molecule has 0 N–H and O–H groups in total. The molecule has 0 saturated carbocycles. The summed E-state index contributed by atoms with van der Waals surface area (Å²) in [4.78, 5) is 54.0. The maximum Gasteiger partial charge on any atom is 0.168 e. The van der Waals surface area contributed by atoms with Crippen LogP contribution in [0, 0.1) is 11.8 Å². The van der Waals surface area contributed by atoms with Crippen LogP contribution in [0.5, 0.6) is 0 Å². The lowest BCUT2D eigenvalue weighted by Crippen LogP contribution is -2.38. The largest absolute Gasteiger partial charge is 0.294 e. The number of rotatable bonds is 16. The fourth-order valence-electron chi connectivity index (χ4n) is 6.54. The molecule has 2 aromatic carbocycles. The maximum absolute atomic E-state index is 13.8. The lowest BCUT2D eigenvalue weighted by atomic mass is 9.79. The first kappa shape index (κ1) is 31.4. The number of fused-ring (bicyclic) bond motifs is 2. The number of benzene rings is 2.